The van der Waals surface area contributed by atoms with Crippen LogP contribution in [-0.2, 0) is 0 Å². The van der Waals surface area contributed by atoms with E-state index < -0.39 is 0 Å². The average Bonchev–Trinajstić information content (AvgIpc) is 2.58. The van der Waals surface area contributed by atoms with Crippen LogP contribution in [0.4, 0.5) is 5.95 Å². The third-order valence-electron chi connectivity index (χ3n) is 2.65. The number of aromatic nitrogens is 3. The molecular weight excluding hydrogens is 268 g/mol. The zero-order chi connectivity index (χ0) is 11.7. The molecule has 0 saturated heterocycles. The fraction of sp³-hybridized carbons (Fsp3) is 0.455. The lowest BCUT2D eigenvalue weighted by Crippen LogP contribution is -2.22. The Hall–Kier alpha value is -1.10. The smallest absolute Gasteiger partial charge is 0.243 e. The van der Waals surface area contributed by atoms with Gasteiger partial charge in [-0.1, -0.05) is 13.8 Å². The van der Waals surface area contributed by atoms with Crippen molar-refractivity contribution in [2.75, 3.05) is 5.32 Å². The highest BCUT2D eigenvalue weighted by atomic mass is 79.9. The summed E-state index contributed by atoms with van der Waals surface area (Å²) in [5.74, 6) is 1.23. The maximum Gasteiger partial charge on any atom is 0.243 e. The Bertz CT molecular complexity index is 492. The topological polar surface area (TPSA) is 42.2 Å². The van der Waals surface area contributed by atoms with Crippen LogP contribution >= 0.6 is 15.9 Å². The van der Waals surface area contributed by atoms with Crippen molar-refractivity contribution in [1.82, 2.24) is 14.6 Å². The van der Waals surface area contributed by atoms with E-state index in [0.717, 1.165) is 10.1 Å². The fourth-order valence-electron chi connectivity index (χ4n) is 1.29. The number of nitrogens with one attached hydrogen (secondary N) is 1. The van der Waals surface area contributed by atoms with E-state index in [1.807, 2.05) is 18.3 Å². The lowest BCUT2D eigenvalue weighted by Gasteiger charge is -2.15. The minimum atomic E-state index is 0.362. The van der Waals surface area contributed by atoms with Crippen molar-refractivity contribution in [3.05, 3.63) is 22.8 Å². The summed E-state index contributed by atoms with van der Waals surface area (Å²) in [6, 6.07) is 4.25. The molecule has 1 atom stereocenters. The van der Waals surface area contributed by atoms with Gasteiger partial charge in [0.25, 0.3) is 0 Å². The number of nitrogens with zero attached hydrogens (tertiary/aromatic N) is 3. The summed E-state index contributed by atoms with van der Waals surface area (Å²) in [7, 11) is 0. The average molecular weight is 283 g/mol. The Morgan fingerprint density at radius 3 is 2.75 bits per heavy atom. The molecule has 0 radical (unpaired) electrons. The van der Waals surface area contributed by atoms with Gasteiger partial charge in [0.05, 0.1) is 0 Å². The second kappa shape index (κ2) is 4.41. The normalized spacial score (nSPS) is 13.3. The van der Waals surface area contributed by atoms with Gasteiger partial charge in [-0.05, 0) is 40.9 Å². The molecule has 0 aliphatic carbocycles. The molecule has 2 aromatic rings. The van der Waals surface area contributed by atoms with Gasteiger partial charge in [0, 0.05) is 16.7 Å². The molecule has 0 aliphatic heterocycles. The zero-order valence-corrected chi connectivity index (χ0v) is 11.2. The van der Waals surface area contributed by atoms with Gasteiger partial charge >= 0.3 is 0 Å². The Morgan fingerprint density at radius 1 is 1.31 bits per heavy atom. The number of hydrogen-bond donors (Lipinski definition) is 1. The molecule has 0 fully saturated rings. The van der Waals surface area contributed by atoms with E-state index in [1.54, 1.807) is 4.52 Å². The van der Waals surface area contributed by atoms with Gasteiger partial charge in [-0.25, -0.2) is 4.52 Å². The fourth-order valence-corrected chi connectivity index (χ4v) is 1.62. The van der Waals surface area contributed by atoms with E-state index in [1.165, 1.54) is 0 Å². The summed E-state index contributed by atoms with van der Waals surface area (Å²) in [6.45, 7) is 6.47. The maximum absolute atomic E-state index is 4.40. The van der Waals surface area contributed by atoms with Crippen LogP contribution in [0.25, 0.3) is 5.65 Å². The first-order valence-corrected chi connectivity index (χ1v) is 6.14. The van der Waals surface area contributed by atoms with Crippen molar-refractivity contribution in [3.8, 4) is 0 Å². The second-order valence-electron chi connectivity index (χ2n) is 4.26. The quantitative estimate of drug-likeness (QED) is 0.941. The van der Waals surface area contributed by atoms with Crippen LogP contribution < -0.4 is 5.32 Å². The van der Waals surface area contributed by atoms with E-state index in [-0.39, 0.29) is 0 Å². The Kier molecular flexibility index (Phi) is 3.14. The first-order chi connectivity index (χ1) is 7.56. The molecule has 1 unspecified atom stereocenters. The molecule has 4 nitrogen and oxygen atoms in total. The summed E-state index contributed by atoms with van der Waals surface area (Å²) >= 11 is 3.41. The molecule has 0 amide bonds. The largest absolute Gasteiger partial charge is 0.350 e. The van der Waals surface area contributed by atoms with Crippen LogP contribution in [0.15, 0.2) is 22.8 Å². The molecule has 0 aromatic carbocycles. The van der Waals surface area contributed by atoms with Crippen molar-refractivity contribution in [3.63, 3.8) is 0 Å². The van der Waals surface area contributed by atoms with Crippen LogP contribution in [-0.4, -0.2) is 20.6 Å². The van der Waals surface area contributed by atoms with Gasteiger partial charge in [0.2, 0.25) is 5.95 Å². The van der Waals surface area contributed by atoms with Gasteiger partial charge in [0.1, 0.15) is 0 Å². The highest BCUT2D eigenvalue weighted by Gasteiger charge is 2.10. The number of halogens is 1. The number of hydrogen-bond acceptors (Lipinski definition) is 3. The lowest BCUT2D eigenvalue weighted by atomic mass is 10.1. The number of rotatable bonds is 3. The Morgan fingerprint density at radius 2 is 2.06 bits per heavy atom. The van der Waals surface area contributed by atoms with Crippen molar-refractivity contribution < 1.29 is 0 Å². The van der Waals surface area contributed by atoms with Gasteiger partial charge in [-0.15, -0.1) is 5.10 Å². The Labute approximate surface area is 103 Å². The molecule has 2 rings (SSSR count). The molecule has 0 spiro atoms. The van der Waals surface area contributed by atoms with Crippen LogP contribution in [0.2, 0.25) is 0 Å². The molecule has 1 N–H and O–H groups in total. The molecule has 86 valence electrons. The van der Waals surface area contributed by atoms with Crippen molar-refractivity contribution in [2.24, 2.45) is 5.92 Å². The monoisotopic (exact) mass is 282 g/mol. The third-order valence-corrected chi connectivity index (χ3v) is 3.12. The molecule has 5 heteroatoms. The maximum atomic E-state index is 4.40. The van der Waals surface area contributed by atoms with Crippen LogP contribution in [0, 0.1) is 5.92 Å². The summed E-state index contributed by atoms with van der Waals surface area (Å²) in [6.07, 6.45) is 1.90. The van der Waals surface area contributed by atoms with Gasteiger partial charge < -0.3 is 5.32 Å². The first-order valence-electron chi connectivity index (χ1n) is 5.35. The van der Waals surface area contributed by atoms with Crippen molar-refractivity contribution >= 4 is 27.5 Å². The standard InChI is InChI=1S/C11H15BrN4/c1-7(2)8(3)13-11-14-10-5-4-9(12)6-16(10)15-11/h4-8H,1-3H3,(H,13,15). The van der Waals surface area contributed by atoms with Crippen LogP contribution in [0.5, 0.6) is 0 Å². The predicted molar refractivity (Wildman–Crippen MR) is 68.6 cm³/mol. The van der Waals surface area contributed by atoms with E-state index in [0.29, 0.717) is 17.9 Å². The van der Waals surface area contributed by atoms with Gasteiger partial charge in [-0.2, -0.15) is 4.98 Å². The van der Waals surface area contributed by atoms with E-state index in [4.69, 9.17) is 0 Å². The summed E-state index contributed by atoms with van der Waals surface area (Å²) in [4.78, 5) is 4.40. The lowest BCUT2D eigenvalue weighted by molar-refractivity contribution is 0.556. The Balaban J connectivity index is 2.26. The molecular formula is C11H15BrN4. The second-order valence-corrected chi connectivity index (χ2v) is 5.18. The molecule has 16 heavy (non-hydrogen) atoms. The summed E-state index contributed by atoms with van der Waals surface area (Å²) in [5.41, 5.74) is 0.849. The number of pyridine rings is 1. The molecule has 2 aromatic heterocycles. The van der Waals surface area contributed by atoms with E-state index in [9.17, 15) is 0 Å². The van der Waals surface area contributed by atoms with Crippen LogP contribution in [0.1, 0.15) is 20.8 Å². The third kappa shape index (κ3) is 2.35. The first kappa shape index (κ1) is 11.4. The van der Waals surface area contributed by atoms with Crippen molar-refractivity contribution in [1.29, 1.82) is 0 Å². The van der Waals surface area contributed by atoms with Crippen LogP contribution in [0.3, 0.4) is 0 Å². The minimum Gasteiger partial charge on any atom is -0.350 e. The summed E-state index contributed by atoms with van der Waals surface area (Å²) < 4.78 is 2.76. The zero-order valence-electron chi connectivity index (χ0n) is 9.61. The highest BCUT2D eigenvalue weighted by Crippen LogP contribution is 2.13. The molecule has 2 heterocycles. The van der Waals surface area contributed by atoms with E-state index in [2.05, 4.69) is 52.1 Å². The SMILES string of the molecule is CC(C)C(C)Nc1nc2ccc(Br)cn2n1. The molecule has 0 saturated carbocycles. The van der Waals surface area contributed by atoms with E-state index >= 15 is 0 Å². The van der Waals surface area contributed by atoms with Gasteiger partial charge in [-0.3, -0.25) is 0 Å². The van der Waals surface area contributed by atoms with Gasteiger partial charge in [0.15, 0.2) is 5.65 Å². The molecule has 0 aliphatic rings. The number of fused-ring (bicyclic) bond motifs is 1. The molecule has 0 bridgehead atoms. The highest BCUT2D eigenvalue weighted by molar-refractivity contribution is 9.10. The predicted octanol–water partition coefficient (Wildman–Crippen LogP) is 2.95. The van der Waals surface area contributed by atoms with Crippen molar-refractivity contribution in [2.45, 2.75) is 26.8 Å². The number of anilines is 1. The summed E-state index contributed by atoms with van der Waals surface area (Å²) in [5, 5.41) is 7.65. The minimum absolute atomic E-state index is 0.362.